The van der Waals surface area contributed by atoms with Gasteiger partial charge in [0.1, 0.15) is 17.3 Å². The number of aliphatic hydroxyl groups is 1. The fourth-order valence-electron chi connectivity index (χ4n) is 6.82. The summed E-state index contributed by atoms with van der Waals surface area (Å²) in [7, 11) is 4.48. The molecule has 202 valence electrons. The summed E-state index contributed by atoms with van der Waals surface area (Å²) in [6.07, 6.45) is 5.63. The molecular formula is C31H31NO7. The molecule has 0 heterocycles. The van der Waals surface area contributed by atoms with Crippen LogP contribution in [0.2, 0.25) is 0 Å². The number of phenolic OH excluding ortho intramolecular Hbond substituents is 1. The van der Waals surface area contributed by atoms with Crippen LogP contribution in [0.4, 0.5) is 0 Å². The van der Waals surface area contributed by atoms with E-state index in [0.29, 0.717) is 46.9 Å². The van der Waals surface area contributed by atoms with E-state index in [1.165, 1.54) is 33.5 Å². The van der Waals surface area contributed by atoms with Gasteiger partial charge in [-0.2, -0.15) is 0 Å². The topological polar surface area (TPSA) is 114 Å². The van der Waals surface area contributed by atoms with Crippen molar-refractivity contribution in [1.29, 1.82) is 0 Å². The van der Waals surface area contributed by atoms with E-state index in [0.717, 1.165) is 35.1 Å². The highest BCUT2D eigenvalue weighted by Gasteiger charge is 2.54. The summed E-state index contributed by atoms with van der Waals surface area (Å²) >= 11 is 0. The summed E-state index contributed by atoms with van der Waals surface area (Å²) in [6.45, 7) is 4.66. The SMILES string of the molecule is CCCCNC1=C2CC(C)=CC3=C(OC)C(O)=C4C(=O)C=C(OC)C5c6c(OC)cc(O)c(c6C2=C3C45)C1=O. The Balaban J connectivity index is 1.83. The van der Waals surface area contributed by atoms with Crippen molar-refractivity contribution in [3.05, 3.63) is 85.7 Å². The van der Waals surface area contributed by atoms with Gasteiger partial charge in [-0.15, -0.1) is 0 Å². The molecule has 0 aromatic heterocycles. The number of carbonyl (C=O) groups excluding carboxylic acids is 2. The van der Waals surface area contributed by atoms with Crippen molar-refractivity contribution in [1.82, 2.24) is 5.32 Å². The van der Waals surface area contributed by atoms with Crippen molar-refractivity contribution in [2.75, 3.05) is 27.9 Å². The Bertz CT molecular complexity index is 1560. The van der Waals surface area contributed by atoms with Crippen LogP contribution in [0.25, 0.3) is 5.57 Å². The number of aliphatic hydroxyl groups excluding tert-OH is 1. The third kappa shape index (κ3) is 3.23. The van der Waals surface area contributed by atoms with E-state index in [2.05, 4.69) is 12.2 Å². The van der Waals surface area contributed by atoms with Gasteiger partial charge in [0.15, 0.2) is 17.3 Å². The summed E-state index contributed by atoms with van der Waals surface area (Å²) in [6, 6.07) is 1.46. The molecule has 0 amide bonds. The number of phenols is 1. The lowest BCUT2D eigenvalue weighted by Gasteiger charge is -2.45. The Morgan fingerprint density at radius 3 is 2.44 bits per heavy atom. The van der Waals surface area contributed by atoms with E-state index in [1.54, 1.807) is 0 Å². The maximum atomic E-state index is 14.1. The van der Waals surface area contributed by atoms with Crippen molar-refractivity contribution < 1.29 is 34.0 Å². The lowest BCUT2D eigenvalue weighted by Crippen LogP contribution is -2.38. The molecule has 39 heavy (non-hydrogen) atoms. The molecule has 8 nitrogen and oxygen atoms in total. The first-order valence-electron chi connectivity index (χ1n) is 13.2. The number of carbonyl (C=O) groups is 2. The summed E-state index contributed by atoms with van der Waals surface area (Å²) in [5, 5.41) is 26.0. The van der Waals surface area contributed by atoms with Gasteiger partial charge >= 0.3 is 0 Å². The number of ketones is 2. The first-order valence-corrected chi connectivity index (χ1v) is 13.2. The molecule has 1 aromatic rings. The van der Waals surface area contributed by atoms with Gasteiger partial charge in [0.05, 0.1) is 44.1 Å². The van der Waals surface area contributed by atoms with Crippen LogP contribution in [0.3, 0.4) is 0 Å². The van der Waals surface area contributed by atoms with Crippen LogP contribution in [0.5, 0.6) is 11.5 Å². The van der Waals surface area contributed by atoms with Crippen LogP contribution in [0, 0.1) is 5.92 Å². The third-order valence-electron chi connectivity index (χ3n) is 8.34. The Morgan fingerprint density at radius 1 is 1.00 bits per heavy atom. The van der Waals surface area contributed by atoms with E-state index >= 15 is 0 Å². The highest BCUT2D eigenvalue weighted by atomic mass is 16.5. The number of methoxy groups -OCH3 is 3. The monoisotopic (exact) mass is 529 g/mol. The van der Waals surface area contributed by atoms with Gasteiger partial charge in [-0.1, -0.05) is 25.0 Å². The minimum absolute atomic E-state index is 0.174. The molecule has 0 saturated heterocycles. The maximum absolute atomic E-state index is 14.1. The zero-order chi connectivity index (χ0) is 27.7. The molecule has 0 bridgehead atoms. The van der Waals surface area contributed by atoms with Crippen molar-refractivity contribution in [2.45, 2.75) is 39.0 Å². The number of allylic oxidation sites excluding steroid dienone is 10. The van der Waals surface area contributed by atoms with Gasteiger partial charge in [-0.25, -0.2) is 0 Å². The second kappa shape index (κ2) is 8.93. The minimum atomic E-state index is -0.609. The van der Waals surface area contributed by atoms with E-state index in [1.807, 2.05) is 13.0 Å². The lowest BCUT2D eigenvalue weighted by atomic mass is 9.58. The summed E-state index contributed by atoms with van der Waals surface area (Å²) in [5.41, 5.74) is 6.04. The average Bonchev–Trinajstić information content (AvgIpc) is 3.06. The molecule has 3 N–H and O–H groups in total. The molecule has 0 fully saturated rings. The zero-order valence-electron chi connectivity index (χ0n) is 22.7. The van der Waals surface area contributed by atoms with E-state index in [4.69, 9.17) is 14.2 Å². The molecule has 5 aliphatic carbocycles. The van der Waals surface area contributed by atoms with Gasteiger partial charge in [-0.05, 0) is 36.5 Å². The molecule has 5 aliphatic rings. The number of unbranched alkanes of at least 4 members (excludes halogenated alkanes) is 1. The number of rotatable bonds is 7. The summed E-state index contributed by atoms with van der Waals surface area (Å²) < 4.78 is 17.3. The molecule has 6 rings (SSSR count). The number of aromatic hydroxyl groups is 1. The first-order chi connectivity index (χ1) is 18.8. The van der Waals surface area contributed by atoms with E-state index in [-0.39, 0.29) is 40.0 Å². The molecule has 0 saturated carbocycles. The highest BCUT2D eigenvalue weighted by Crippen LogP contribution is 2.63. The van der Waals surface area contributed by atoms with Crippen LogP contribution in [0.1, 0.15) is 60.5 Å². The minimum Gasteiger partial charge on any atom is -0.507 e. The van der Waals surface area contributed by atoms with Gasteiger partial charge in [0.2, 0.25) is 5.78 Å². The van der Waals surface area contributed by atoms with Crippen LogP contribution in [0.15, 0.2) is 69.1 Å². The zero-order valence-corrected chi connectivity index (χ0v) is 22.7. The fraction of sp³-hybridized carbons (Fsp3) is 0.355. The quantitative estimate of drug-likeness (QED) is 0.428. The normalized spacial score (nSPS) is 22.9. The van der Waals surface area contributed by atoms with Crippen molar-refractivity contribution in [3.63, 3.8) is 0 Å². The third-order valence-corrected chi connectivity index (χ3v) is 8.34. The van der Waals surface area contributed by atoms with Crippen LogP contribution in [-0.4, -0.2) is 49.7 Å². The second-order valence-electron chi connectivity index (χ2n) is 10.5. The predicted molar refractivity (Wildman–Crippen MR) is 144 cm³/mol. The molecule has 0 aliphatic heterocycles. The smallest absolute Gasteiger partial charge is 0.213 e. The number of benzene rings is 1. The van der Waals surface area contributed by atoms with Crippen molar-refractivity contribution in [3.8, 4) is 11.5 Å². The molecule has 0 radical (unpaired) electrons. The number of nitrogens with one attached hydrogen (secondary N) is 1. The largest absolute Gasteiger partial charge is 0.507 e. The van der Waals surface area contributed by atoms with Crippen molar-refractivity contribution in [2.24, 2.45) is 5.92 Å². The maximum Gasteiger partial charge on any atom is 0.213 e. The second-order valence-corrected chi connectivity index (χ2v) is 10.5. The molecule has 1 aromatic carbocycles. The Hall–Kier alpha value is -4.20. The molecular weight excluding hydrogens is 498 g/mol. The Morgan fingerprint density at radius 2 is 1.77 bits per heavy atom. The van der Waals surface area contributed by atoms with Gasteiger partial charge < -0.3 is 29.7 Å². The highest BCUT2D eigenvalue weighted by molar-refractivity contribution is 6.21. The molecule has 0 spiro atoms. The number of hydrogen-bond acceptors (Lipinski definition) is 8. The number of hydrogen-bond donors (Lipinski definition) is 3. The number of ether oxygens (including phenoxy) is 3. The lowest BCUT2D eigenvalue weighted by molar-refractivity contribution is -0.112. The molecule has 2 unspecified atom stereocenters. The van der Waals surface area contributed by atoms with Crippen molar-refractivity contribution >= 4 is 17.1 Å². The first kappa shape index (κ1) is 25.1. The molecule has 8 heteroatoms. The Labute approximate surface area is 226 Å². The average molecular weight is 530 g/mol. The fourth-order valence-corrected chi connectivity index (χ4v) is 6.82. The van der Waals surface area contributed by atoms with E-state index in [9.17, 15) is 19.8 Å². The Kier molecular flexibility index (Phi) is 5.75. The van der Waals surface area contributed by atoms with Gasteiger partial charge in [0, 0.05) is 41.3 Å². The summed E-state index contributed by atoms with van der Waals surface area (Å²) in [5.74, 6) is -1.21. The van der Waals surface area contributed by atoms with Crippen LogP contribution < -0.4 is 10.1 Å². The van der Waals surface area contributed by atoms with Crippen LogP contribution >= 0.6 is 0 Å². The number of fused-ring (bicyclic) bond motifs is 1. The standard InChI is InChI=1S/C31H31NO7/c1-6-7-8-32-28-14-9-13(2)10-15-21-20(14)26-22(29(28)35)16(33)11-18(37-3)24(26)25-19(38-4)12-17(34)23(27(21)25)30(36)31(15)39-5/h10-12,25,27,32-33,36H,6-9H2,1-5H3. The predicted octanol–water partition coefficient (Wildman–Crippen LogP) is 4.90. The van der Waals surface area contributed by atoms with Gasteiger partial charge in [-0.3, -0.25) is 9.59 Å². The van der Waals surface area contributed by atoms with Gasteiger partial charge in [0.25, 0.3) is 0 Å². The summed E-state index contributed by atoms with van der Waals surface area (Å²) in [4.78, 5) is 27.6. The van der Waals surface area contributed by atoms with Crippen LogP contribution in [-0.2, 0) is 14.3 Å². The molecule has 2 atom stereocenters. The van der Waals surface area contributed by atoms with E-state index < -0.39 is 11.8 Å². The number of Topliss-reactive ketones (excluding diaryl/α,β-unsaturated/α-hetero) is 1.